The van der Waals surface area contributed by atoms with E-state index in [0.29, 0.717) is 49.1 Å². The van der Waals surface area contributed by atoms with Crippen molar-refractivity contribution < 1.29 is 32.3 Å². The largest absolute Gasteiger partial charge is 0.490 e. The van der Waals surface area contributed by atoms with E-state index in [4.69, 9.17) is 20.8 Å². The monoisotopic (exact) mass is 826 g/mol. The number of nitrogens with one attached hydrogen (secondary N) is 1. The number of hydrogen-bond donors (Lipinski definition) is 2. The number of anilines is 1. The van der Waals surface area contributed by atoms with Gasteiger partial charge in [-0.25, -0.2) is 4.72 Å². The minimum Gasteiger partial charge on any atom is -0.490 e. The molecule has 306 valence electrons. The lowest BCUT2D eigenvalue weighted by molar-refractivity contribution is -0.153. The molecule has 3 aliphatic heterocycles. The van der Waals surface area contributed by atoms with Gasteiger partial charge >= 0.3 is 10.2 Å². The van der Waals surface area contributed by atoms with E-state index in [0.717, 1.165) is 42.8 Å². The van der Waals surface area contributed by atoms with Crippen molar-refractivity contribution in [3.63, 3.8) is 0 Å². The van der Waals surface area contributed by atoms with Crippen LogP contribution in [0.15, 0.2) is 48.6 Å². The number of rotatable bonds is 5. The Balaban J connectivity index is 1.35. The zero-order valence-corrected chi connectivity index (χ0v) is 36.5. The number of aliphatic hydroxyl groups is 1. The van der Waals surface area contributed by atoms with Crippen LogP contribution in [-0.4, -0.2) is 95.3 Å². The number of carbonyl (C=O) groups is 2. The summed E-state index contributed by atoms with van der Waals surface area (Å²) < 4.78 is 42.8. The molecule has 6 atom stereocenters. The van der Waals surface area contributed by atoms with Crippen LogP contribution in [0.1, 0.15) is 82.4 Å². The molecule has 3 heterocycles. The number of benzene rings is 2. The first-order valence-electron chi connectivity index (χ1n) is 20.2. The summed E-state index contributed by atoms with van der Waals surface area (Å²) in [6.45, 7) is 13.7. The second-order valence-corrected chi connectivity index (χ2v) is 25.7. The van der Waals surface area contributed by atoms with Crippen molar-refractivity contribution in [3.05, 3.63) is 70.3 Å². The first-order chi connectivity index (χ1) is 26.2. The summed E-state index contributed by atoms with van der Waals surface area (Å²) in [6.07, 6.45) is 9.99. The normalized spacial score (nSPS) is 30.2. The number of fused-ring (bicyclic) bond motifs is 5. The Kier molecular flexibility index (Phi) is 11.1. The smallest absolute Gasteiger partial charge is 0.303 e. The SMILES string of the molecule is CN(C)S(=O)(=O)NC(=O)[C@@]1(O)CC(=O)N2CC[C@@H]2C/C=C/[C@H](O[Si](C)(C)C(C)(C)C)[C@@H]2CC[C@H]2CN2C[C@@]3(CCCc4cc(Cl)ccc43)COc3ccc1cc32. The summed E-state index contributed by atoms with van der Waals surface area (Å²) in [6, 6.07) is 11.1. The van der Waals surface area contributed by atoms with Crippen LogP contribution in [-0.2, 0) is 41.7 Å². The lowest BCUT2D eigenvalue weighted by Crippen LogP contribution is -2.56. The van der Waals surface area contributed by atoms with Crippen LogP contribution >= 0.6 is 11.6 Å². The van der Waals surface area contributed by atoms with Crippen molar-refractivity contribution >= 4 is 47.6 Å². The molecule has 0 unspecified atom stereocenters. The van der Waals surface area contributed by atoms with Gasteiger partial charge in [-0.3, -0.25) is 9.59 Å². The topological polar surface area (TPSA) is 129 Å². The molecule has 2 aliphatic carbocycles. The summed E-state index contributed by atoms with van der Waals surface area (Å²) in [7, 11) is -3.86. The second kappa shape index (κ2) is 15.0. The molecule has 1 spiro atoms. The minimum absolute atomic E-state index is 0.0304. The number of halogens is 1. The highest BCUT2D eigenvalue weighted by molar-refractivity contribution is 7.87. The van der Waals surface area contributed by atoms with Crippen LogP contribution in [0.3, 0.4) is 0 Å². The van der Waals surface area contributed by atoms with Crippen molar-refractivity contribution in [2.24, 2.45) is 11.8 Å². The maximum absolute atomic E-state index is 14.1. The van der Waals surface area contributed by atoms with Gasteiger partial charge in [0.1, 0.15) is 5.75 Å². The molecule has 14 heteroatoms. The summed E-state index contributed by atoms with van der Waals surface area (Å²) in [5.41, 5.74) is 0.424. The highest BCUT2D eigenvalue weighted by atomic mass is 35.5. The number of hydrogen-bond acceptors (Lipinski definition) is 8. The Morgan fingerprint density at radius 2 is 1.89 bits per heavy atom. The van der Waals surface area contributed by atoms with Crippen LogP contribution in [0.5, 0.6) is 5.75 Å². The van der Waals surface area contributed by atoms with Gasteiger partial charge in [-0.15, -0.1) is 0 Å². The quantitative estimate of drug-likeness (QED) is 0.266. The number of amides is 2. The molecule has 2 bridgehead atoms. The van der Waals surface area contributed by atoms with Crippen LogP contribution in [0.4, 0.5) is 5.69 Å². The van der Waals surface area contributed by atoms with Gasteiger partial charge in [0.25, 0.3) is 5.91 Å². The van der Waals surface area contributed by atoms with Gasteiger partial charge in [-0.1, -0.05) is 56.7 Å². The number of aryl methyl sites for hydroxylation is 1. The fraction of sp³-hybridized carbons (Fsp3) is 0.619. The predicted molar refractivity (Wildman–Crippen MR) is 222 cm³/mol. The van der Waals surface area contributed by atoms with Gasteiger partial charge < -0.3 is 24.1 Å². The summed E-state index contributed by atoms with van der Waals surface area (Å²) in [5.74, 6) is -0.436. The average molecular weight is 828 g/mol. The van der Waals surface area contributed by atoms with Gasteiger partial charge in [0.05, 0.1) is 24.8 Å². The van der Waals surface area contributed by atoms with Gasteiger partial charge in [0.2, 0.25) is 5.91 Å². The molecule has 2 amide bonds. The fourth-order valence-electron chi connectivity index (χ4n) is 9.01. The maximum Gasteiger partial charge on any atom is 0.303 e. The van der Waals surface area contributed by atoms with E-state index >= 15 is 0 Å². The molecular formula is C42H59ClN4O7SSi. The molecular weight excluding hydrogens is 768 g/mol. The third-order valence-electron chi connectivity index (χ3n) is 13.8. The molecule has 1 saturated carbocycles. The Bertz CT molecular complexity index is 2000. The molecule has 5 aliphatic rings. The Labute approximate surface area is 339 Å². The number of carbonyl (C=O) groups excluding carboxylic acids is 2. The number of ether oxygens (including phenoxy) is 1. The van der Waals surface area contributed by atoms with E-state index in [9.17, 15) is 23.1 Å². The van der Waals surface area contributed by atoms with Gasteiger partial charge in [0.15, 0.2) is 13.9 Å². The molecule has 2 aromatic carbocycles. The van der Waals surface area contributed by atoms with Gasteiger partial charge in [-0.2, -0.15) is 12.7 Å². The standard InChI is InChI=1S/C42H59ClN4O7SSi/c1-40(2,3)56(6,7)54-36-12-8-11-32-19-21-47(32)38(48)24-42(50,39(49)44-55(51,52)45(4)5)30-14-18-37-35(23-30)46(25-29-13-16-33(29)36)26-41(27-53-37)20-9-10-28-22-31(43)15-17-34(28)41/h8,12,14-15,17-18,22-23,29,32-33,36,50H,9-11,13,16,19-21,24-27H2,1-7H3,(H,44,49)/b12-8+/t29-,32-,33+,36-,41-,42+/m0/s1. The van der Waals surface area contributed by atoms with Crippen molar-refractivity contribution in [1.82, 2.24) is 13.9 Å². The fourth-order valence-corrected chi connectivity index (χ4v) is 11.1. The zero-order chi connectivity index (χ0) is 40.4. The van der Waals surface area contributed by atoms with Crippen LogP contribution in [0.25, 0.3) is 0 Å². The van der Waals surface area contributed by atoms with E-state index in [1.165, 1.54) is 25.2 Å². The van der Waals surface area contributed by atoms with Crippen molar-refractivity contribution in [2.75, 3.05) is 45.2 Å². The maximum atomic E-state index is 14.1. The van der Waals surface area contributed by atoms with Gasteiger partial charge in [-0.05, 0) is 116 Å². The Morgan fingerprint density at radius 3 is 2.55 bits per heavy atom. The van der Waals surface area contributed by atoms with E-state index < -0.39 is 42.4 Å². The molecule has 2 N–H and O–H groups in total. The van der Waals surface area contributed by atoms with Gasteiger partial charge in [0, 0.05) is 50.2 Å². The molecule has 0 aromatic heterocycles. The zero-order valence-electron chi connectivity index (χ0n) is 33.9. The first kappa shape index (κ1) is 41.2. The van der Waals surface area contributed by atoms with E-state index in [1.54, 1.807) is 23.1 Å². The lowest BCUT2D eigenvalue weighted by atomic mass is 9.68. The minimum atomic E-state index is -4.29. The number of nitrogens with zero attached hydrogens (tertiary/aromatic N) is 3. The molecule has 2 aromatic rings. The molecule has 11 nitrogen and oxygen atoms in total. The van der Waals surface area contributed by atoms with Crippen molar-refractivity contribution in [2.45, 2.75) is 113 Å². The second-order valence-electron chi connectivity index (χ2n) is 18.6. The highest BCUT2D eigenvalue weighted by Gasteiger charge is 2.49. The Morgan fingerprint density at radius 1 is 1.12 bits per heavy atom. The first-order valence-corrected chi connectivity index (χ1v) is 24.9. The lowest BCUT2D eigenvalue weighted by Gasteiger charge is -2.48. The molecule has 7 rings (SSSR count). The summed E-state index contributed by atoms with van der Waals surface area (Å²) in [5, 5.41) is 13.2. The summed E-state index contributed by atoms with van der Waals surface area (Å²) >= 11 is 6.51. The van der Waals surface area contributed by atoms with Crippen molar-refractivity contribution in [1.29, 1.82) is 0 Å². The Hall–Kier alpha value is -2.94. The van der Waals surface area contributed by atoms with Crippen LogP contribution in [0, 0.1) is 11.8 Å². The predicted octanol–water partition coefficient (Wildman–Crippen LogP) is 6.29. The molecule has 1 saturated heterocycles. The van der Waals surface area contributed by atoms with E-state index in [-0.39, 0.29) is 40.0 Å². The molecule has 2 fully saturated rings. The van der Waals surface area contributed by atoms with E-state index in [2.05, 4.69) is 63.0 Å². The van der Waals surface area contributed by atoms with Crippen LogP contribution < -0.4 is 14.4 Å². The summed E-state index contributed by atoms with van der Waals surface area (Å²) in [4.78, 5) is 32.2. The third kappa shape index (κ3) is 7.68. The third-order valence-corrected chi connectivity index (χ3v) is 19.9. The average Bonchev–Trinajstić information content (AvgIpc) is 3.23. The molecule has 0 radical (unpaired) electrons. The highest BCUT2D eigenvalue weighted by Crippen LogP contribution is 2.49. The van der Waals surface area contributed by atoms with E-state index in [1.807, 2.05) is 10.8 Å². The molecule has 56 heavy (non-hydrogen) atoms. The van der Waals surface area contributed by atoms with Crippen LogP contribution in [0.2, 0.25) is 23.2 Å². The van der Waals surface area contributed by atoms with Crippen molar-refractivity contribution in [3.8, 4) is 5.75 Å².